The number of nitrogens with one attached hydrogen (secondary N) is 1. The number of H-pyrrole nitrogens is 1. The van der Waals surface area contributed by atoms with Gasteiger partial charge in [-0.15, -0.1) is 0 Å². The summed E-state index contributed by atoms with van der Waals surface area (Å²) < 4.78 is 18.3. The largest absolute Gasteiger partial charge is 0.323 e. The number of pyridine rings is 1. The maximum absolute atomic E-state index is 15.1. The predicted octanol–water partition coefficient (Wildman–Crippen LogP) is 3.92. The normalized spacial score (nSPS) is 11.5. The van der Waals surface area contributed by atoms with Gasteiger partial charge >= 0.3 is 0 Å². The van der Waals surface area contributed by atoms with Crippen LogP contribution in [0.1, 0.15) is 5.56 Å². The van der Waals surface area contributed by atoms with Crippen LogP contribution < -0.4 is 5.56 Å². The summed E-state index contributed by atoms with van der Waals surface area (Å²) in [5.41, 5.74) is 4.32. The van der Waals surface area contributed by atoms with Crippen LogP contribution in [0.2, 0.25) is 0 Å². The van der Waals surface area contributed by atoms with Crippen molar-refractivity contribution >= 4 is 22.1 Å². The van der Waals surface area contributed by atoms with Crippen LogP contribution in [0.15, 0.2) is 78.2 Å². The van der Waals surface area contributed by atoms with Crippen LogP contribution in [0.5, 0.6) is 0 Å². The molecule has 0 radical (unpaired) electrons. The van der Waals surface area contributed by atoms with Gasteiger partial charge in [0.15, 0.2) is 5.65 Å². The first kappa shape index (κ1) is 20.0. The number of rotatable bonds is 4. The lowest BCUT2D eigenvalue weighted by atomic mass is 10.0. The molecule has 0 spiro atoms. The Morgan fingerprint density at radius 3 is 2.76 bits per heavy atom. The minimum Gasteiger partial charge on any atom is -0.323 e. The van der Waals surface area contributed by atoms with Crippen molar-refractivity contribution in [1.82, 2.24) is 34.3 Å². The van der Waals surface area contributed by atoms with E-state index in [-0.39, 0.29) is 12.1 Å². The minimum atomic E-state index is -0.412. The second kappa shape index (κ2) is 7.73. The second-order valence-corrected chi connectivity index (χ2v) is 8.04. The van der Waals surface area contributed by atoms with E-state index in [2.05, 4.69) is 25.0 Å². The quantitative estimate of drug-likeness (QED) is 0.438. The first-order valence-corrected chi connectivity index (χ1v) is 10.6. The zero-order valence-corrected chi connectivity index (χ0v) is 18.1. The highest BCUT2D eigenvalue weighted by molar-refractivity contribution is 5.91. The molecule has 0 aliphatic carbocycles. The first-order chi connectivity index (χ1) is 16.6. The molecule has 0 aliphatic rings. The number of hydrogen-bond donors (Lipinski definition) is 1. The van der Waals surface area contributed by atoms with Crippen molar-refractivity contribution in [3.05, 3.63) is 95.2 Å². The number of fused-ring (bicyclic) bond motifs is 2. The van der Waals surface area contributed by atoms with Crippen molar-refractivity contribution < 1.29 is 4.39 Å². The predicted molar refractivity (Wildman–Crippen MR) is 127 cm³/mol. The van der Waals surface area contributed by atoms with Crippen molar-refractivity contribution in [2.24, 2.45) is 7.05 Å². The molecule has 4 aromatic heterocycles. The molecule has 0 unspecified atom stereocenters. The third-order valence-electron chi connectivity index (χ3n) is 5.80. The van der Waals surface area contributed by atoms with Crippen molar-refractivity contribution in [2.75, 3.05) is 0 Å². The molecule has 1 N–H and O–H groups in total. The number of hydrogen-bond acceptors (Lipinski definition) is 5. The molecule has 2 aromatic carbocycles. The highest BCUT2D eigenvalue weighted by Gasteiger charge is 2.14. The number of nitrogens with zero attached hydrogens (tertiary/aromatic N) is 6. The van der Waals surface area contributed by atoms with Gasteiger partial charge < -0.3 is 4.98 Å². The fraction of sp³-hybridized carbons (Fsp3) is 0.0800. The summed E-state index contributed by atoms with van der Waals surface area (Å²) in [6, 6.07) is 13.9. The van der Waals surface area contributed by atoms with Crippen LogP contribution in [0.25, 0.3) is 44.6 Å². The van der Waals surface area contributed by atoms with Crippen LogP contribution in [-0.2, 0) is 13.6 Å². The summed E-state index contributed by atoms with van der Waals surface area (Å²) in [7, 11) is 1.84. The van der Waals surface area contributed by atoms with Gasteiger partial charge in [-0.05, 0) is 29.8 Å². The van der Waals surface area contributed by atoms with Gasteiger partial charge in [0.1, 0.15) is 17.2 Å². The molecule has 6 aromatic rings. The summed E-state index contributed by atoms with van der Waals surface area (Å²) in [6.45, 7) is 0.0854. The van der Waals surface area contributed by atoms with E-state index >= 15 is 4.39 Å². The van der Waals surface area contributed by atoms with Gasteiger partial charge in [-0.2, -0.15) is 5.10 Å². The number of aromatic nitrogens is 7. The van der Waals surface area contributed by atoms with Gasteiger partial charge in [-0.1, -0.05) is 24.3 Å². The van der Waals surface area contributed by atoms with Gasteiger partial charge in [0.05, 0.1) is 35.5 Å². The van der Waals surface area contributed by atoms with Crippen molar-refractivity contribution in [1.29, 1.82) is 0 Å². The third-order valence-corrected chi connectivity index (χ3v) is 5.80. The van der Waals surface area contributed by atoms with E-state index in [9.17, 15) is 4.79 Å². The summed E-state index contributed by atoms with van der Waals surface area (Å²) >= 11 is 0. The van der Waals surface area contributed by atoms with E-state index in [1.54, 1.807) is 41.3 Å². The molecule has 0 bridgehead atoms. The Labute approximate surface area is 192 Å². The van der Waals surface area contributed by atoms with E-state index in [0.29, 0.717) is 39.0 Å². The van der Waals surface area contributed by atoms with Gasteiger partial charge in [0.25, 0.3) is 5.56 Å². The number of para-hydroxylation sites is 1. The van der Waals surface area contributed by atoms with Crippen LogP contribution in [0.4, 0.5) is 4.39 Å². The van der Waals surface area contributed by atoms with Crippen molar-refractivity contribution in [3.8, 4) is 22.5 Å². The van der Waals surface area contributed by atoms with Gasteiger partial charge in [0.2, 0.25) is 0 Å². The Hall–Kier alpha value is -4.66. The number of aryl methyl sites for hydroxylation is 1. The highest BCUT2D eigenvalue weighted by atomic mass is 19.1. The fourth-order valence-corrected chi connectivity index (χ4v) is 4.07. The zero-order valence-electron chi connectivity index (χ0n) is 18.1. The van der Waals surface area contributed by atoms with Gasteiger partial charge in [0, 0.05) is 30.6 Å². The Bertz CT molecular complexity index is 1750. The summed E-state index contributed by atoms with van der Waals surface area (Å²) in [6.07, 6.45) is 6.69. The van der Waals surface area contributed by atoms with E-state index in [1.165, 1.54) is 17.0 Å². The molecule has 8 nitrogen and oxygen atoms in total. The number of halogens is 1. The molecule has 0 saturated carbocycles. The monoisotopic (exact) mass is 451 g/mol. The third kappa shape index (κ3) is 3.34. The lowest BCUT2D eigenvalue weighted by Gasteiger charge is -2.09. The Kier molecular flexibility index (Phi) is 4.54. The molecule has 0 aliphatic heterocycles. The fourth-order valence-electron chi connectivity index (χ4n) is 4.07. The minimum absolute atomic E-state index is 0.0854. The van der Waals surface area contributed by atoms with Gasteiger partial charge in [-0.3, -0.25) is 14.0 Å². The highest BCUT2D eigenvalue weighted by Crippen LogP contribution is 2.29. The van der Waals surface area contributed by atoms with Crippen LogP contribution >= 0.6 is 0 Å². The Morgan fingerprint density at radius 2 is 1.94 bits per heavy atom. The van der Waals surface area contributed by atoms with E-state index in [0.717, 1.165) is 11.1 Å². The Morgan fingerprint density at radius 1 is 1.06 bits per heavy atom. The zero-order chi connectivity index (χ0) is 23.2. The summed E-state index contributed by atoms with van der Waals surface area (Å²) in [5, 5.41) is 4.68. The van der Waals surface area contributed by atoms with Crippen molar-refractivity contribution in [3.63, 3.8) is 0 Å². The average Bonchev–Trinajstić information content (AvgIpc) is 3.48. The summed E-state index contributed by atoms with van der Waals surface area (Å²) in [5.74, 6) is 0.230. The number of benzene rings is 2. The number of imidazole rings is 1. The molecular formula is C25H18FN7O. The SMILES string of the molecule is Cn1cc(-c2nc3c(-c4ccc(Cn5cnc6ccccc6c5=O)c(F)c4)ccnc3[nH]2)cn1. The van der Waals surface area contributed by atoms with E-state index in [1.807, 2.05) is 31.4 Å². The van der Waals surface area contributed by atoms with Crippen LogP contribution in [0, 0.1) is 5.82 Å². The molecule has 0 atom stereocenters. The number of aromatic amines is 1. The second-order valence-electron chi connectivity index (χ2n) is 8.04. The lowest BCUT2D eigenvalue weighted by molar-refractivity contribution is 0.596. The summed E-state index contributed by atoms with van der Waals surface area (Å²) in [4.78, 5) is 29.3. The smallest absolute Gasteiger partial charge is 0.261 e. The standard InChI is InChI=1S/C25H18FN7O/c1-32-12-17(11-29-32)23-30-22-18(8-9-27-24(22)31-23)15-6-7-16(20(26)10-15)13-33-14-28-21-5-3-2-4-19(21)25(33)34/h2-12,14H,13H2,1H3,(H,27,30,31). The first-order valence-electron chi connectivity index (χ1n) is 10.6. The molecule has 6 rings (SSSR count). The van der Waals surface area contributed by atoms with Crippen molar-refractivity contribution in [2.45, 2.75) is 6.54 Å². The molecule has 0 amide bonds. The maximum Gasteiger partial charge on any atom is 0.261 e. The van der Waals surface area contributed by atoms with E-state index in [4.69, 9.17) is 0 Å². The molecule has 9 heteroatoms. The topological polar surface area (TPSA) is 94.3 Å². The molecule has 0 saturated heterocycles. The average molecular weight is 451 g/mol. The van der Waals surface area contributed by atoms with E-state index < -0.39 is 5.82 Å². The molecule has 4 heterocycles. The molecule has 166 valence electrons. The van der Waals surface area contributed by atoms with Crippen LogP contribution in [0.3, 0.4) is 0 Å². The van der Waals surface area contributed by atoms with Crippen LogP contribution in [-0.4, -0.2) is 34.3 Å². The maximum atomic E-state index is 15.1. The molecule has 0 fully saturated rings. The Balaban J connectivity index is 1.37. The lowest BCUT2D eigenvalue weighted by Crippen LogP contribution is -2.21. The molecule has 34 heavy (non-hydrogen) atoms. The molecular weight excluding hydrogens is 433 g/mol. The van der Waals surface area contributed by atoms with Gasteiger partial charge in [-0.25, -0.2) is 19.3 Å².